The molecule has 1 atom stereocenters. The second kappa shape index (κ2) is 7.96. The molecule has 6 nitrogen and oxygen atoms in total. The monoisotopic (exact) mass is 424 g/mol. The largest absolute Gasteiger partial charge is 0.324 e. The molecule has 1 amide bonds. The molecule has 0 aliphatic heterocycles. The number of pyridine rings is 1. The summed E-state index contributed by atoms with van der Waals surface area (Å²) in [6.07, 6.45) is 1.66. The first-order chi connectivity index (χ1) is 13.9. The Morgan fingerprint density at radius 2 is 2.10 bits per heavy atom. The van der Waals surface area contributed by atoms with Gasteiger partial charge < -0.3 is 10.3 Å². The molecular formula is C21H20N4O2S2. The predicted octanol–water partition coefficient (Wildman–Crippen LogP) is 4.41. The third-order valence-electron chi connectivity index (χ3n) is 4.79. The van der Waals surface area contributed by atoms with E-state index in [2.05, 4.69) is 20.3 Å². The minimum Gasteiger partial charge on any atom is -0.324 e. The summed E-state index contributed by atoms with van der Waals surface area (Å²) in [5.74, 6) is 0.922. The van der Waals surface area contributed by atoms with E-state index in [1.54, 1.807) is 6.20 Å². The zero-order valence-corrected chi connectivity index (χ0v) is 17.9. The number of nitrogens with one attached hydrogen (secondary N) is 2. The molecule has 3 heterocycles. The zero-order chi connectivity index (χ0) is 20.5. The number of aromatic amines is 1. The van der Waals surface area contributed by atoms with Crippen LogP contribution < -0.4 is 10.9 Å². The second-order valence-electron chi connectivity index (χ2n) is 6.84. The summed E-state index contributed by atoms with van der Waals surface area (Å²) in [5.41, 5.74) is 2.41. The van der Waals surface area contributed by atoms with E-state index in [0.717, 1.165) is 26.2 Å². The summed E-state index contributed by atoms with van der Waals surface area (Å²) in [5, 5.41) is 4.24. The Morgan fingerprint density at radius 3 is 2.93 bits per heavy atom. The van der Waals surface area contributed by atoms with E-state index in [0.29, 0.717) is 22.7 Å². The van der Waals surface area contributed by atoms with Gasteiger partial charge in [-0.15, -0.1) is 23.1 Å². The quantitative estimate of drug-likeness (QED) is 0.495. The molecule has 0 aliphatic rings. The Kier molecular flexibility index (Phi) is 5.38. The number of para-hydroxylation sites is 1. The lowest BCUT2D eigenvalue weighted by Crippen LogP contribution is -2.23. The fraction of sp³-hybridized carbons (Fsp3) is 0.238. The highest BCUT2D eigenvalue weighted by Gasteiger charge is 2.16. The number of hydrogen-bond acceptors (Lipinski definition) is 6. The first-order valence-corrected chi connectivity index (χ1v) is 11.0. The summed E-state index contributed by atoms with van der Waals surface area (Å²) >= 11 is 2.95. The van der Waals surface area contributed by atoms with Gasteiger partial charge in [-0.25, -0.2) is 4.98 Å². The smallest absolute Gasteiger partial charge is 0.259 e. The van der Waals surface area contributed by atoms with Crippen LogP contribution in [-0.2, 0) is 10.5 Å². The number of aryl methyl sites for hydroxylation is 2. The molecule has 0 saturated carbocycles. The predicted molar refractivity (Wildman–Crippen MR) is 121 cm³/mol. The van der Waals surface area contributed by atoms with E-state index in [-0.39, 0.29) is 16.7 Å². The van der Waals surface area contributed by atoms with Crippen molar-refractivity contribution in [1.82, 2.24) is 15.0 Å². The van der Waals surface area contributed by atoms with Crippen molar-refractivity contribution in [3.63, 3.8) is 0 Å². The van der Waals surface area contributed by atoms with Crippen LogP contribution >= 0.6 is 23.1 Å². The molecule has 3 aromatic heterocycles. The highest BCUT2D eigenvalue weighted by molar-refractivity contribution is 7.99. The van der Waals surface area contributed by atoms with Gasteiger partial charge in [0.25, 0.3) is 5.56 Å². The molecule has 2 N–H and O–H groups in total. The summed E-state index contributed by atoms with van der Waals surface area (Å²) in [6.45, 7) is 5.77. The third-order valence-corrected chi connectivity index (χ3v) is 7.04. The molecule has 1 aromatic carbocycles. The number of amides is 1. The molecule has 148 valence electrons. The highest BCUT2D eigenvalue weighted by Crippen LogP contribution is 2.26. The standard InChI is InChI=1S/C21H20N4O2S2/c1-11-12(2)29-21-18(11)20(27)24-17(25-21)10-28-13(3)19(26)23-15-8-14-6-4-5-7-16(14)22-9-15/h4-9,13H,10H2,1-3H3,(H,23,26)(H,24,25,27). The topological polar surface area (TPSA) is 87.7 Å². The van der Waals surface area contributed by atoms with Gasteiger partial charge >= 0.3 is 0 Å². The third kappa shape index (κ3) is 4.04. The Labute approximate surface area is 175 Å². The minimum absolute atomic E-state index is 0.113. The number of fused-ring (bicyclic) bond motifs is 2. The van der Waals surface area contributed by atoms with E-state index in [4.69, 9.17) is 0 Å². The van der Waals surface area contributed by atoms with E-state index in [1.807, 2.05) is 51.1 Å². The van der Waals surface area contributed by atoms with E-state index >= 15 is 0 Å². The van der Waals surface area contributed by atoms with Crippen molar-refractivity contribution >= 4 is 55.8 Å². The zero-order valence-electron chi connectivity index (χ0n) is 16.3. The number of nitrogens with zero attached hydrogens (tertiary/aromatic N) is 2. The first kappa shape index (κ1) is 19.6. The van der Waals surface area contributed by atoms with Crippen LogP contribution in [-0.4, -0.2) is 26.1 Å². The normalized spacial score (nSPS) is 12.4. The number of anilines is 1. The molecular weight excluding hydrogens is 404 g/mol. The van der Waals surface area contributed by atoms with Gasteiger partial charge in [-0.05, 0) is 38.5 Å². The van der Waals surface area contributed by atoms with Crippen LogP contribution in [0.25, 0.3) is 21.1 Å². The Morgan fingerprint density at radius 1 is 1.31 bits per heavy atom. The number of rotatable bonds is 5. The average molecular weight is 425 g/mol. The SMILES string of the molecule is Cc1sc2nc(CSC(C)C(=O)Nc3cnc4ccccc4c3)[nH]c(=O)c2c1C. The number of thiophene rings is 1. The maximum atomic E-state index is 12.5. The Bertz CT molecular complexity index is 1280. The van der Waals surface area contributed by atoms with E-state index in [9.17, 15) is 9.59 Å². The molecule has 0 aliphatic carbocycles. The van der Waals surface area contributed by atoms with Gasteiger partial charge in [0.15, 0.2) is 0 Å². The molecule has 0 radical (unpaired) electrons. The summed E-state index contributed by atoms with van der Waals surface area (Å²) in [6, 6.07) is 9.67. The molecule has 4 rings (SSSR count). The fourth-order valence-electron chi connectivity index (χ4n) is 3.03. The van der Waals surface area contributed by atoms with Gasteiger partial charge in [-0.3, -0.25) is 14.6 Å². The lowest BCUT2D eigenvalue weighted by molar-refractivity contribution is -0.115. The van der Waals surface area contributed by atoms with Crippen molar-refractivity contribution in [2.75, 3.05) is 5.32 Å². The van der Waals surface area contributed by atoms with Gasteiger partial charge in [0.05, 0.1) is 33.8 Å². The Hall–Kier alpha value is -2.71. The van der Waals surface area contributed by atoms with Crippen molar-refractivity contribution in [3.8, 4) is 0 Å². The van der Waals surface area contributed by atoms with Crippen LogP contribution in [0, 0.1) is 13.8 Å². The molecule has 29 heavy (non-hydrogen) atoms. The average Bonchev–Trinajstić information content (AvgIpc) is 3.00. The lowest BCUT2D eigenvalue weighted by Gasteiger charge is -2.12. The molecule has 8 heteroatoms. The molecule has 1 unspecified atom stereocenters. The number of benzene rings is 1. The van der Waals surface area contributed by atoms with Crippen molar-refractivity contribution < 1.29 is 4.79 Å². The number of carbonyl (C=O) groups excluding carboxylic acids is 1. The highest BCUT2D eigenvalue weighted by atomic mass is 32.2. The van der Waals surface area contributed by atoms with E-state index < -0.39 is 0 Å². The van der Waals surface area contributed by atoms with Crippen LogP contribution in [0.3, 0.4) is 0 Å². The summed E-state index contributed by atoms with van der Waals surface area (Å²) < 4.78 is 0. The van der Waals surface area contributed by atoms with Gasteiger partial charge in [-0.1, -0.05) is 18.2 Å². The summed E-state index contributed by atoms with van der Waals surface area (Å²) in [7, 11) is 0. The number of hydrogen-bond donors (Lipinski definition) is 2. The van der Waals surface area contributed by atoms with Crippen LogP contribution in [0.2, 0.25) is 0 Å². The lowest BCUT2D eigenvalue weighted by atomic mass is 10.2. The molecule has 4 aromatic rings. The fourth-order valence-corrected chi connectivity index (χ4v) is 4.83. The molecule has 0 bridgehead atoms. The van der Waals surface area contributed by atoms with Gasteiger partial charge in [0, 0.05) is 10.3 Å². The van der Waals surface area contributed by atoms with Crippen molar-refractivity contribution in [2.24, 2.45) is 0 Å². The first-order valence-electron chi connectivity index (χ1n) is 9.18. The van der Waals surface area contributed by atoms with Crippen molar-refractivity contribution in [1.29, 1.82) is 0 Å². The number of aromatic nitrogens is 3. The number of carbonyl (C=O) groups is 1. The van der Waals surface area contributed by atoms with E-state index in [1.165, 1.54) is 23.1 Å². The molecule has 0 spiro atoms. The van der Waals surface area contributed by atoms with Gasteiger partial charge in [-0.2, -0.15) is 0 Å². The molecule has 0 fully saturated rings. The Balaban J connectivity index is 1.43. The number of H-pyrrole nitrogens is 1. The van der Waals surface area contributed by atoms with Crippen LogP contribution in [0.5, 0.6) is 0 Å². The van der Waals surface area contributed by atoms with Crippen LogP contribution in [0.4, 0.5) is 5.69 Å². The minimum atomic E-state index is -0.311. The van der Waals surface area contributed by atoms with Crippen LogP contribution in [0.1, 0.15) is 23.2 Å². The maximum absolute atomic E-state index is 12.5. The number of thioether (sulfide) groups is 1. The molecule has 0 saturated heterocycles. The van der Waals surface area contributed by atoms with Crippen molar-refractivity contribution in [3.05, 3.63) is 63.1 Å². The van der Waals surface area contributed by atoms with Gasteiger partial charge in [0.2, 0.25) is 5.91 Å². The van der Waals surface area contributed by atoms with Gasteiger partial charge in [0.1, 0.15) is 10.7 Å². The summed E-state index contributed by atoms with van der Waals surface area (Å²) in [4.78, 5) is 38.5. The maximum Gasteiger partial charge on any atom is 0.259 e. The van der Waals surface area contributed by atoms with Crippen LogP contribution in [0.15, 0.2) is 41.3 Å². The second-order valence-corrected chi connectivity index (χ2v) is 9.37. The van der Waals surface area contributed by atoms with Crippen molar-refractivity contribution in [2.45, 2.75) is 31.8 Å².